The van der Waals surface area contributed by atoms with Gasteiger partial charge in [0.25, 0.3) is 0 Å². The van der Waals surface area contributed by atoms with E-state index < -0.39 is 11.8 Å². The molecule has 1 heterocycles. The number of aromatic amines is 1. The van der Waals surface area contributed by atoms with E-state index in [-0.39, 0.29) is 6.42 Å². The number of carbonyl (C=O) groups is 1. The average molecular weight is 348 g/mol. The van der Waals surface area contributed by atoms with Crippen molar-refractivity contribution in [1.29, 1.82) is 0 Å². The fourth-order valence-electron chi connectivity index (χ4n) is 2.47. The van der Waals surface area contributed by atoms with E-state index in [0.29, 0.717) is 22.2 Å². The fourth-order valence-corrected chi connectivity index (χ4v) is 2.95. The van der Waals surface area contributed by atoms with Crippen LogP contribution in [0.1, 0.15) is 5.56 Å². The van der Waals surface area contributed by atoms with Crippen molar-refractivity contribution in [2.24, 2.45) is 0 Å². The number of carboxylic acids is 1. The molecule has 0 saturated heterocycles. The molecule has 0 aliphatic carbocycles. The molecule has 0 spiro atoms. The number of hydrogen-bond acceptors (Lipinski definition) is 1. The predicted molar refractivity (Wildman–Crippen MR) is 82.7 cm³/mol. The van der Waals surface area contributed by atoms with Crippen LogP contribution in [-0.2, 0) is 11.2 Å². The lowest BCUT2D eigenvalue weighted by molar-refractivity contribution is -0.136. The van der Waals surface area contributed by atoms with E-state index >= 15 is 0 Å². The molecular weight excluding hydrogens is 337 g/mol. The van der Waals surface area contributed by atoms with Crippen LogP contribution in [0.2, 0.25) is 0 Å². The van der Waals surface area contributed by atoms with Crippen molar-refractivity contribution < 1.29 is 14.3 Å². The summed E-state index contributed by atoms with van der Waals surface area (Å²) in [4.78, 5) is 14.2. The third kappa shape index (κ3) is 2.45. The molecule has 106 valence electrons. The molecule has 0 saturated carbocycles. The lowest BCUT2D eigenvalue weighted by atomic mass is 10.0. The van der Waals surface area contributed by atoms with Crippen LogP contribution < -0.4 is 0 Å². The second kappa shape index (κ2) is 5.33. The van der Waals surface area contributed by atoms with Crippen LogP contribution >= 0.6 is 15.9 Å². The Kier molecular flexibility index (Phi) is 3.51. The Bertz CT molecular complexity index is 841. The van der Waals surface area contributed by atoms with Crippen molar-refractivity contribution in [1.82, 2.24) is 4.98 Å². The summed E-state index contributed by atoms with van der Waals surface area (Å²) >= 11 is 3.45. The summed E-state index contributed by atoms with van der Waals surface area (Å²) < 4.78 is 14.8. The van der Waals surface area contributed by atoms with Crippen LogP contribution in [-0.4, -0.2) is 16.1 Å². The number of nitrogens with one attached hydrogen (secondary N) is 1. The summed E-state index contributed by atoms with van der Waals surface area (Å²) in [6.07, 6.45) is -0.167. The van der Waals surface area contributed by atoms with Crippen molar-refractivity contribution in [2.75, 3.05) is 0 Å². The highest BCUT2D eigenvalue weighted by Crippen LogP contribution is 2.35. The third-order valence-electron chi connectivity index (χ3n) is 3.36. The van der Waals surface area contributed by atoms with Gasteiger partial charge in [0.2, 0.25) is 0 Å². The molecule has 0 bridgehead atoms. The van der Waals surface area contributed by atoms with Gasteiger partial charge in [0.1, 0.15) is 5.82 Å². The minimum absolute atomic E-state index is 0.167. The van der Waals surface area contributed by atoms with E-state index in [0.717, 1.165) is 10.0 Å². The Hall–Kier alpha value is -2.14. The molecule has 5 heteroatoms. The number of para-hydroxylation sites is 1. The summed E-state index contributed by atoms with van der Waals surface area (Å²) in [5.41, 5.74) is 2.36. The average Bonchev–Trinajstić information content (AvgIpc) is 2.79. The van der Waals surface area contributed by atoms with Crippen LogP contribution in [0, 0.1) is 5.82 Å². The summed E-state index contributed by atoms with van der Waals surface area (Å²) in [7, 11) is 0. The van der Waals surface area contributed by atoms with Gasteiger partial charge >= 0.3 is 5.97 Å². The molecule has 1 aromatic heterocycles. The topological polar surface area (TPSA) is 53.1 Å². The minimum Gasteiger partial charge on any atom is -0.481 e. The molecule has 0 amide bonds. The zero-order valence-corrected chi connectivity index (χ0v) is 12.4. The van der Waals surface area contributed by atoms with Gasteiger partial charge in [-0.1, -0.05) is 46.3 Å². The zero-order valence-electron chi connectivity index (χ0n) is 10.9. The number of fused-ring (bicyclic) bond motifs is 1. The Morgan fingerprint density at radius 3 is 2.67 bits per heavy atom. The number of halogens is 2. The van der Waals surface area contributed by atoms with Crippen LogP contribution in [0.3, 0.4) is 0 Å². The normalized spacial score (nSPS) is 11.0. The first-order chi connectivity index (χ1) is 10.1. The van der Waals surface area contributed by atoms with E-state index in [9.17, 15) is 9.18 Å². The van der Waals surface area contributed by atoms with E-state index in [2.05, 4.69) is 20.9 Å². The molecule has 0 radical (unpaired) electrons. The second-order valence-corrected chi connectivity index (χ2v) is 5.55. The van der Waals surface area contributed by atoms with Crippen LogP contribution in [0.15, 0.2) is 46.9 Å². The first-order valence-electron chi connectivity index (χ1n) is 6.33. The molecule has 3 rings (SSSR count). The maximum Gasteiger partial charge on any atom is 0.307 e. The summed E-state index contributed by atoms with van der Waals surface area (Å²) in [5, 5.41) is 9.74. The fraction of sp³-hybridized carbons (Fsp3) is 0.0625. The molecule has 2 aromatic carbocycles. The number of benzene rings is 2. The molecule has 0 atom stereocenters. The quantitative estimate of drug-likeness (QED) is 0.739. The monoisotopic (exact) mass is 347 g/mol. The van der Waals surface area contributed by atoms with Gasteiger partial charge in [0.05, 0.1) is 17.6 Å². The van der Waals surface area contributed by atoms with Crippen LogP contribution in [0.4, 0.5) is 4.39 Å². The standard InChI is InChI=1S/C16H11BrFNO2/c17-12-6-2-1-4-10(12)15-11(8-14(20)21)9-5-3-7-13(18)16(9)19-15/h1-7,19H,8H2,(H,20,21). The molecule has 3 nitrogen and oxygen atoms in total. The number of aliphatic carboxylic acids is 1. The predicted octanol–water partition coefficient (Wildman–Crippen LogP) is 4.36. The lowest BCUT2D eigenvalue weighted by Gasteiger charge is -2.05. The van der Waals surface area contributed by atoms with Gasteiger partial charge in [-0.2, -0.15) is 0 Å². The van der Waals surface area contributed by atoms with Gasteiger partial charge in [-0.05, 0) is 17.7 Å². The lowest BCUT2D eigenvalue weighted by Crippen LogP contribution is -2.01. The van der Waals surface area contributed by atoms with Gasteiger partial charge in [0.15, 0.2) is 0 Å². The molecule has 21 heavy (non-hydrogen) atoms. The van der Waals surface area contributed by atoms with Gasteiger partial charge < -0.3 is 10.1 Å². The molecule has 3 aromatic rings. The summed E-state index contributed by atoms with van der Waals surface area (Å²) in [6, 6.07) is 12.1. The van der Waals surface area contributed by atoms with E-state index in [1.165, 1.54) is 6.07 Å². The van der Waals surface area contributed by atoms with Crippen molar-refractivity contribution >= 4 is 32.8 Å². The van der Waals surface area contributed by atoms with E-state index in [4.69, 9.17) is 5.11 Å². The maximum absolute atomic E-state index is 13.9. The Balaban J connectivity index is 2.33. The van der Waals surface area contributed by atoms with Crippen LogP contribution in [0.5, 0.6) is 0 Å². The second-order valence-electron chi connectivity index (χ2n) is 4.69. The largest absolute Gasteiger partial charge is 0.481 e. The molecule has 0 unspecified atom stereocenters. The highest BCUT2D eigenvalue weighted by molar-refractivity contribution is 9.10. The Morgan fingerprint density at radius 1 is 1.19 bits per heavy atom. The minimum atomic E-state index is -0.950. The van der Waals surface area contributed by atoms with Crippen molar-refractivity contribution in [3.63, 3.8) is 0 Å². The molecule has 0 fully saturated rings. The first kappa shape index (κ1) is 13.8. The van der Waals surface area contributed by atoms with Gasteiger partial charge in [-0.15, -0.1) is 0 Å². The number of H-pyrrole nitrogens is 1. The van der Waals surface area contributed by atoms with E-state index in [1.54, 1.807) is 12.1 Å². The number of hydrogen-bond donors (Lipinski definition) is 2. The molecule has 2 N–H and O–H groups in total. The van der Waals surface area contributed by atoms with Gasteiger partial charge in [-0.25, -0.2) is 4.39 Å². The zero-order chi connectivity index (χ0) is 15.0. The Morgan fingerprint density at radius 2 is 1.95 bits per heavy atom. The van der Waals surface area contributed by atoms with Crippen molar-refractivity contribution in [3.05, 3.63) is 58.3 Å². The Labute approximate surface area is 128 Å². The molecule has 0 aliphatic rings. The molecular formula is C16H11BrFNO2. The summed E-state index contributed by atoms with van der Waals surface area (Å²) in [6.45, 7) is 0. The smallest absolute Gasteiger partial charge is 0.307 e. The highest BCUT2D eigenvalue weighted by Gasteiger charge is 2.18. The molecule has 0 aliphatic heterocycles. The number of aromatic nitrogens is 1. The van der Waals surface area contributed by atoms with Crippen molar-refractivity contribution in [2.45, 2.75) is 6.42 Å². The summed E-state index contributed by atoms with van der Waals surface area (Å²) in [5.74, 6) is -1.34. The van der Waals surface area contributed by atoms with Crippen molar-refractivity contribution in [3.8, 4) is 11.3 Å². The third-order valence-corrected chi connectivity index (χ3v) is 4.05. The van der Waals surface area contributed by atoms with Gasteiger partial charge in [-0.3, -0.25) is 4.79 Å². The number of carboxylic acid groups (broad SMARTS) is 1. The first-order valence-corrected chi connectivity index (χ1v) is 7.13. The maximum atomic E-state index is 13.9. The van der Waals surface area contributed by atoms with Gasteiger partial charge in [0, 0.05) is 15.4 Å². The highest BCUT2D eigenvalue weighted by atomic mass is 79.9. The van der Waals surface area contributed by atoms with E-state index in [1.807, 2.05) is 24.3 Å². The SMILES string of the molecule is O=C(O)Cc1c(-c2ccccc2Br)[nH]c2c(F)cccc12. The van der Waals surface area contributed by atoms with Crippen LogP contribution in [0.25, 0.3) is 22.2 Å². The number of rotatable bonds is 3.